The molecule has 0 atom stereocenters. The van der Waals surface area contributed by atoms with Crippen LogP contribution in [0.4, 0.5) is 0 Å². The summed E-state index contributed by atoms with van der Waals surface area (Å²) in [5.74, 6) is 0. The molecule has 1 heterocycles. The smallest absolute Gasteiger partial charge is 0.273 e. The van der Waals surface area contributed by atoms with Crippen LogP contribution in [-0.2, 0) is 6.54 Å². The van der Waals surface area contributed by atoms with E-state index in [1.54, 1.807) is 10.8 Å². The van der Waals surface area contributed by atoms with Crippen molar-refractivity contribution in [3.63, 3.8) is 0 Å². The zero-order valence-electron chi connectivity index (χ0n) is 9.47. The fourth-order valence-corrected chi connectivity index (χ4v) is 2.41. The van der Waals surface area contributed by atoms with Crippen molar-refractivity contribution in [2.24, 2.45) is 5.41 Å². The van der Waals surface area contributed by atoms with E-state index in [4.69, 9.17) is 0 Å². The number of aliphatic hydroxyl groups is 2. The lowest BCUT2D eigenvalue weighted by Gasteiger charge is -2.29. The van der Waals surface area contributed by atoms with Crippen LogP contribution in [0.5, 0.6) is 0 Å². The van der Waals surface area contributed by atoms with Crippen molar-refractivity contribution >= 4 is 27.7 Å². The quantitative estimate of drug-likeness (QED) is 0.448. The molecule has 2 N–H and O–H groups in total. The average Bonchev–Trinajstić information content (AvgIpc) is 2.37. The van der Waals surface area contributed by atoms with Crippen LogP contribution in [-0.4, -0.2) is 44.6 Å². The van der Waals surface area contributed by atoms with Crippen molar-refractivity contribution in [3.05, 3.63) is 22.6 Å². The van der Waals surface area contributed by atoms with Gasteiger partial charge in [0.2, 0.25) is 0 Å². The van der Waals surface area contributed by atoms with E-state index < -0.39 is 5.41 Å². The number of hydrogen-bond donors (Lipinski definition) is 2. The maximum Gasteiger partial charge on any atom is 0.273 e. The lowest BCUT2D eigenvalue weighted by molar-refractivity contribution is 0.0578. The van der Waals surface area contributed by atoms with Gasteiger partial charge in [-0.15, -0.1) is 0 Å². The van der Waals surface area contributed by atoms with Crippen LogP contribution >= 0.6 is 27.7 Å². The summed E-state index contributed by atoms with van der Waals surface area (Å²) in [6, 6.07) is 1.37. The molecular formula is C10H15BrN2O3S. The molecule has 0 fully saturated rings. The number of halogens is 1. The van der Waals surface area contributed by atoms with Crippen molar-refractivity contribution in [1.82, 2.24) is 9.55 Å². The third kappa shape index (κ3) is 3.54. The highest BCUT2D eigenvalue weighted by molar-refractivity contribution is 9.09. The molecule has 0 radical (unpaired) electrons. The van der Waals surface area contributed by atoms with Crippen LogP contribution in [0.15, 0.2) is 22.2 Å². The Kier molecular flexibility index (Phi) is 5.64. The number of alkyl halides is 1. The average molecular weight is 323 g/mol. The first kappa shape index (κ1) is 14.7. The Morgan fingerprint density at radius 2 is 2.18 bits per heavy atom. The molecule has 0 unspecified atom stereocenters. The molecule has 1 aromatic rings. The molecule has 5 nitrogen and oxygen atoms in total. The van der Waals surface area contributed by atoms with Gasteiger partial charge in [-0.25, -0.2) is 0 Å². The molecule has 1 rings (SSSR count). The van der Waals surface area contributed by atoms with Gasteiger partial charge < -0.3 is 14.8 Å². The Hall–Kier alpha value is -0.370. The summed E-state index contributed by atoms with van der Waals surface area (Å²) >= 11 is 4.64. The minimum absolute atomic E-state index is 0.144. The monoisotopic (exact) mass is 322 g/mol. The Morgan fingerprint density at radius 1 is 1.53 bits per heavy atom. The molecule has 0 saturated carbocycles. The van der Waals surface area contributed by atoms with Crippen LogP contribution in [0.1, 0.15) is 0 Å². The highest BCUT2D eigenvalue weighted by atomic mass is 79.9. The topological polar surface area (TPSA) is 75.4 Å². The predicted molar refractivity (Wildman–Crippen MR) is 70.7 cm³/mol. The number of nitrogens with zero attached hydrogens (tertiary/aromatic N) is 2. The molecule has 0 amide bonds. The van der Waals surface area contributed by atoms with Gasteiger partial charge in [0.25, 0.3) is 5.56 Å². The first-order valence-electron chi connectivity index (χ1n) is 5.00. The Bertz CT molecular complexity index is 412. The summed E-state index contributed by atoms with van der Waals surface area (Å²) in [7, 11) is 0. The van der Waals surface area contributed by atoms with Crippen molar-refractivity contribution in [3.8, 4) is 0 Å². The van der Waals surface area contributed by atoms with Gasteiger partial charge in [-0.3, -0.25) is 4.79 Å². The predicted octanol–water partition coefficient (Wildman–Crippen LogP) is 0.331. The van der Waals surface area contributed by atoms with Crippen LogP contribution in [0, 0.1) is 5.41 Å². The maximum atomic E-state index is 11.1. The first-order valence-corrected chi connectivity index (χ1v) is 7.34. The molecule has 0 saturated heterocycles. The van der Waals surface area contributed by atoms with Crippen LogP contribution in [0.2, 0.25) is 0 Å². The van der Waals surface area contributed by atoms with Crippen LogP contribution in [0.3, 0.4) is 0 Å². The first-order chi connectivity index (χ1) is 8.10. The molecule has 17 heavy (non-hydrogen) atoms. The van der Waals surface area contributed by atoms with Gasteiger partial charge in [-0.2, -0.15) is 4.98 Å². The lowest BCUT2D eigenvalue weighted by atomic mass is 9.93. The molecule has 0 spiro atoms. The summed E-state index contributed by atoms with van der Waals surface area (Å²) in [5, 5.41) is 19.8. The molecule has 0 bridgehead atoms. The van der Waals surface area contributed by atoms with E-state index in [2.05, 4.69) is 20.9 Å². The minimum atomic E-state index is -0.652. The number of rotatable bonds is 6. The van der Waals surface area contributed by atoms with E-state index >= 15 is 0 Å². The Labute approximate surface area is 112 Å². The van der Waals surface area contributed by atoms with Gasteiger partial charge >= 0.3 is 0 Å². The summed E-state index contributed by atoms with van der Waals surface area (Å²) in [5.41, 5.74) is -0.940. The molecule has 0 aromatic carbocycles. The Morgan fingerprint density at radius 3 is 2.65 bits per heavy atom. The molecule has 7 heteroatoms. The fourth-order valence-electron chi connectivity index (χ4n) is 1.33. The second-order valence-electron chi connectivity index (χ2n) is 3.83. The molecular weight excluding hydrogens is 308 g/mol. The van der Waals surface area contributed by atoms with Gasteiger partial charge in [0, 0.05) is 29.6 Å². The normalized spacial score (nSPS) is 11.8. The van der Waals surface area contributed by atoms with Crippen molar-refractivity contribution in [1.29, 1.82) is 0 Å². The number of thioether (sulfide) groups is 1. The van der Waals surface area contributed by atoms with Crippen molar-refractivity contribution in [2.75, 3.05) is 24.8 Å². The van der Waals surface area contributed by atoms with Crippen LogP contribution < -0.4 is 5.56 Å². The SMILES string of the molecule is CSc1nc(=O)ccn1CC(CO)(CO)CBr. The fraction of sp³-hybridized carbons (Fsp3) is 0.600. The third-order valence-corrected chi connectivity index (χ3v) is 4.37. The van der Waals surface area contributed by atoms with E-state index in [0.717, 1.165) is 0 Å². The zero-order chi connectivity index (χ0) is 12.9. The lowest BCUT2D eigenvalue weighted by Crippen LogP contribution is -2.37. The van der Waals surface area contributed by atoms with E-state index in [9.17, 15) is 15.0 Å². The maximum absolute atomic E-state index is 11.1. The molecule has 1 aromatic heterocycles. The summed E-state index contributed by atoms with van der Waals surface area (Å²) in [4.78, 5) is 15.0. The van der Waals surface area contributed by atoms with E-state index in [1.165, 1.54) is 17.8 Å². The summed E-state index contributed by atoms with van der Waals surface area (Å²) < 4.78 is 1.76. The molecule has 96 valence electrons. The number of hydrogen-bond acceptors (Lipinski definition) is 5. The van der Waals surface area contributed by atoms with E-state index in [1.807, 2.05) is 6.26 Å². The van der Waals surface area contributed by atoms with Crippen molar-refractivity contribution in [2.45, 2.75) is 11.7 Å². The second kappa shape index (κ2) is 6.53. The number of aromatic nitrogens is 2. The van der Waals surface area contributed by atoms with Gasteiger partial charge in [0.1, 0.15) is 0 Å². The van der Waals surface area contributed by atoms with E-state index in [-0.39, 0.29) is 18.8 Å². The largest absolute Gasteiger partial charge is 0.396 e. The standard InChI is InChI=1S/C10H15BrN2O3S/c1-17-9-12-8(16)2-3-13(9)5-10(4-11,6-14)7-15/h2-3,14-15H,4-7H2,1H3. The Balaban J connectivity index is 3.04. The minimum Gasteiger partial charge on any atom is -0.396 e. The van der Waals surface area contributed by atoms with Gasteiger partial charge in [-0.05, 0) is 6.26 Å². The highest BCUT2D eigenvalue weighted by Gasteiger charge is 2.28. The van der Waals surface area contributed by atoms with E-state index in [0.29, 0.717) is 17.0 Å². The third-order valence-electron chi connectivity index (χ3n) is 2.49. The number of aliphatic hydroxyl groups excluding tert-OH is 2. The van der Waals surface area contributed by atoms with Crippen molar-refractivity contribution < 1.29 is 10.2 Å². The second-order valence-corrected chi connectivity index (χ2v) is 5.16. The molecule has 0 aliphatic carbocycles. The highest BCUT2D eigenvalue weighted by Crippen LogP contribution is 2.23. The van der Waals surface area contributed by atoms with Gasteiger partial charge in [0.15, 0.2) is 5.16 Å². The van der Waals surface area contributed by atoms with Gasteiger partial charge in [-0.1, -0.05) is 27.7 Å². The summed E-state index contributed by atoms with van der Waals surface area (Å²) in [6.07, 6.45) is 3.45. The van der Waals surface area contributed by atoms with Gasteiger partial charge in [0.05, 0.1) is 13.2 Å². The molecule has 0 aliphatic rings. The van der Waals surface area contributed by atoms with Crippen LogP contribution in [0.25, 0.3) is 0 Å². The summed E-state index contributed by atoms with van der Waals surface area (Å²) in [6.45, 7) is 0.109. The zero-order valence-corrected chi connectivity index (χ0v) is 11.9. The molecule has 0 aliphatic heterocycles.